The van der Waals surface area contributed by atoms with Gasteiger partial charge < -0.3 is 20.1 Å². The second kappa shape index (κ2) is 10.2. The molecule has 33 heavy (non-hydrogen) atoms. The Bertz CT molecular complexity index is 1240. The second-order valence-corrected chi connectivity index (χ2v) is 8.89. The summed E-state index contributed by atoms with van der Waals surface area (Å²) in [4.78, 5) is 37.2. The number of thiophene rings is 1. The fraction of sp³-hybridized carbons (Fsp3) is 0.292. The summed E-state index contributed by atoms with van der Waals surface area (Å²) >= 11 is 7.35. The molecule has 2 aromatic carbocycles. The van der Waals surface area contributed by atoms with Crippen molar-refractivity contribution in [1.82, 2.24) is 0 Å². The zero-order valence-electron chi connectivity index (χ0n) is 19.0. The van der Waals surface area contributed by atoms with Crippen molar-refractivity contribution in [1.29, 1.82) is 0 Å². The first kappa shape index (κ1) is 24.5. The topological polar surface area (TPSA) is 93.7 Å². The number of amides is 2. The van der Waals surface area contributed by atoms with Crippen LogP contribution >= 0.6 is 22.9 Å². The van der Waals surface area contributed by atoms with E-state index in [2.05, 4.69) is 10.6 Å². The van der Waals surface area contributed by atoms with Gasteiger partial charge in [0.25, 0.3) is 5.91 Å². The van der Waals surface area contributed by atoms with Gasteiger partial charge in [-0.1, -0.05) is 29.8 Å². The summed E-state index contributed by atoms with van der Waals surface area (Å²) in [6.07, 6.45) is -0.843. The van der Waals surface area contributed by atoms with E-state index in [4.69, 9.17) is 21.1 Å². The first-order chi connectivity index (χ1) is 15.6. The molecule has 9 heteroatoms. The third kappa shape index (κ3) is 5.29. The Hall–Kier alpha value is -3.10. The highest BCUT2D eigenvalue weighted by molar-refractivity contribution is 7.24. The Balaban J connectivity index is 1.97. The van der Waals surface area contributed by atoms with Crippen LogP contribution in [0.1, 0.15) is 42.3 Å². The van der Waals surface area contributed by atoms with Crippen LogP contribution in [0.25, 0.3) is 10.1 Å². The lowest BCUT2D eigenvalue weighted by molar-refractivity contribution is -0.122. The van der Waals surface area contributed by atoms with E-state index in [1.54, 1.807) is 44.2 Å². The summed E-state index contributed by atoms with van der Waals surface area (Å²) in [5, 5.41) is 7.05. The van der Waals surface area contributed by atoms with Gasteiger partial charge in [-0.2, -0.15) is 0 Å². The van der Waals surface area contributed by atoms with Crippen LogP contribution in [-0.4, -0.2) is 30.5 Å². The molecular formula is C24H25ClN2O5S. The van der Waals surface area contributed by atoms with E-state index >= 15 is 0 Å². The number of benzene rings is 2. The number of ether oxygens (including phenoxy) is 2. The number of aryl methyl sites for hydroxylation is 1. The fourth-order valence-electron chi connectivity index (χ4n) is 3.24. The Labute approximate surface area is 201 Å². The van der Waals surface area contributed by atoms with Gasteiger partial charge in [-0.25, -0.2) is 4.79 Å². The van der Waals surface area contributed by atoms with Gasteiger partial charge in [-0.15, -0.1) is 11.3 Å². The summed E-state index contributed by atoms with van der Waals surface area (Å²) in [7, 11) is 0. The maximum absolute atomic E-state index is 12.8. The van der Waals surface area contributed by atoms with E-state index in [-0.39, 0.29) is 24.0 Å². The average molecular weight is 489 g/mol. The van der Waals surface area contributed by atoms with Crippen molar-refractivity contribution in [3.63, 3.8) is 0 Å². The van der Waals surface area contributed by atoms with Crippen molar-refractivity contribution in [2.75, 3.05) is 17.2 Å². The first-order valence-electron chi connectivity index (χ1n) is 10.4. The summed E-state index contributed by atoms with van der Waals surface area (Å²) in [6.45, 7) is 8.59. The monoisotopic (exact) mass is 488 g/mol. The summed E-state index contributed by atoms with van der Waals surface area (Å²) in [6, 6.07) is 8.86. The zero-order valence-corrected chi connectivity index (χ0v) is 20.6. The van der Waals surface area contributed by atoms with Crippen LogP contribution < -0.4 is 15.4 Å². The van der Waals surface area contributed by atoms with E-state index in [0.29, 0.717) is 31.5 Å². The van der Waals surface area contributed by atoms with Gasteiger partial charge >= 0.3 is 5.97 Å². The fourth-order valence-corrected chi connectivity index (χ4v) is 4.69. The quantitative estimate of drug-likeness (QED) is 0.415. The third-order valence-electron chi connectivity index (χ3n) is 4.97. The molecule has 0 unspecified atom stereocenters. The lowest BCUT2D eigenvalue weighted by Gasteiger charge is -2.18. The highest BCUT2D eigenvalue weighted by Gasteiger charge is 2.25. The molecule has 0 radical (unpaired) electrons. The molecule has 3 rings (SSSR count). The first-order valence-corrected chi connectivity index (χ1v) is 11.6. The minimum absolute atomic E-state index is 0.199. The molecule has 0 bridgehead atoms. The number of esters is 1. The normalized spacial score (nSPS) is 11.7. The predicted octanol–water partition coefficient (Wildman–Crippen LogP) is 5.71. The van der Waals surface area contributed by atoms with E-state index < -0.39 is 12.1 Å². The zero-order chi connectivity index (χ0) is 24.3. The second-order valence-electron chi connectivity index (χ2n) is 7.46. The number of nitrogens with one attached hydrogen (secondary N) is 2. The molecule has 0 aliphatic carbocycles. The van der Waals surface area contributed by atoms with E-state index in [1.807, 2.05) is 13.8 Å². The summed E-state index contributed by atoms with van der Waals surface area (Å²) in [5.74, 6) is -0.730. The molecule has 174 valence electrons. The maximum Gasteiger partial charge on any atom is 0.341 e. The van der Waals surface area contributed by atoms with Crippen LogP contribution in [0.5, 0.6) is 5.75 Å². The van der Waals surface area contributed by atoms with Crippen LogP contribution in [0.15, 0.2) is 30.3 Å². The molecule has 0 saturated heterocycles. The highest BCUT2D eigenvalue weighted by atomic mass is 35.5. The molecule has 2 amide bonds. The maximum atomic E-state index is 12.8. The molecule has 1 heterocycles. The van der Waals surface area contributed by atoms with Crippen LogP contribution in [0, 0.1) is 13.8 Å². The van der Waals surface area contributed by atoms with Crippen LogP contribution in [0.4, 0.5) is 10.7 Å². The third-order valence-corrected chi connectivity index (χ3v) is 6.50. The van der Waals surface area contributed by atoms with Gasteiger partial charge in [-0.05, 0) is 51.0 Å². The Morgan fingerprint density at radius 1 is 1.12 bits per heavy atom. The number of rotatable bonds is 7. The Kier molecular flexibility index (Phi) is 7.61. The molecule has 0 aliphatic heterocycles. The van der Waals surface area contributed by atoms with E-state index in [1.165, 1.54) is 18.3 Å². The van der Waals surface area contributed by atoms with Gasteiger partial charge in [-0.3, -0.25) is 9.59 Å². The van der Waals surface area contributed by atoms with E-state index in [9.17, 15) is 14.4 Å². The molecule has 0 saturated carbocycles. The molecule has 2 N–H and O–H groups in total. The lowest BCUT2D eigenvalue weighted by Crippen LogP contribution is -2.30. The van der Waals surface area contributed by atoms with Crippen molar-refractivity contribution in [3.05, 3.63) is 52.0 Å². The van der Waals surface area contributed by atoms with Crippen molar-refractivity contribution < 1.29 is 23.9 Å². The molecule has 0 aliphatic rings. The minimum atomic E-state index is -0.843. The smallest absolute Gasteiger partial charge is 0.341 e. The summed E-state index contributed by atoms with van der Waals surface area (Å²) < 4.78 is 11.9. The van der Waals surface area contributed by atoms with Gasteiger partial charge in [0.15, 0.2) is 6.10 Å². The standard InChI is InChI=1S/C24H25ClN2O5S/c1-6-31-24(30)19-16-11-10-12(2)20(21(16)33-23(19)26-15(5)28)32-14(4)22(29)27-18-9-7-8-17(25)13(18)3/h7-11,14H,6H2,1-5H3,(H,26,28)(H,27,29)/t14-/m1/s1. The summed E-state index contributed by atoms with van der Waals surface area (Å²) in [5.41, 5.74) is 2.41. The lowest BCUT2D eigenvalue weighted by atomic mass is 10.1. The van der Waals surface area contributed by atoms with Crippen LogP contribution in [0.2, 0.25) is 5.02 Å². The molecule has 1 atom stereocenters. The molecule has 1 aromatic heterocycles. The number of anilines is 2. The molecule has 0 spiro atoms. The van der Waals surface area contributed by atoms with Gasteiger partial charge in [0.2, 0.25) is 5.91 Å². The largest absolute Gasteiger partial charge is 0.479 e. The number of carbonyl (C=O) groups excluding carboxylic acids is 3. The molecule has 0 fully saturated rings. The SMILES string of the molecule is CCOC(=O)c1c(NC(C)=O)sc2c(O[C@H](C)C(=O)Nc3cccc(Cl)c3C)c(C)ccc12. The number of hydrogen-bond donors (Lipinski definition) is 2. The van der Waals surface area contributed by atoms with Crippen molar-refractivity contribution in [2.45, 2.75) is 40.7 Å². The molecule has 7 nitrogen and oxygen atoms in total. The molecule has 3 aromatic rings. The number of carbonyl (C=O) groups is 3. The van der Waals surface area contributed by atoms with Gasteiger partial charge in [0.1, 0.15) is 16.3 Å². The van der Waals surface area contributed by atoms with Crippen LogP contribution in [0.3, 0.4) is 0 Å². The van der Waals surface area contributed by atoms with Crippen LogP contribution in [-0.2, 0) is 14.3 Å². The van der Waals surface area contributed by atoms with Crippen molar-refractivity contribution in [2.24, 2.45) is 0 Å². The molecular weight excluding hydrogens is 464 g/mol. The van der Waals surface area contributed by atoms with Crippen molar-refractivity contribution >= 4 is 61.5 Å². The average Bonchev–Trinajstić information content (AvgIpc) is 3.11. The predicted molar refractivity (Wildman–Crippen MR) is 132 cm³/mol. The van der Waals surface area contributed by atoms with Gasteiger partial charge in [0, 0.05) is 23.0 Å². The van der Waals surface area contributed by atoms with Gasteiger partial charge in [0.05, 0.1) is 11.3 Å². The Morgan fingerprint density at radius 3 is 2.52 bits per heavy atom. The van der Waals surface area contributed by atoms with E-state index in [0.717, 1.165) is 11.1 Å². The number of fused-ring (bicyclic) bond motifs is 1. The number of halogens is 1. The Morgan fingerprint density at radius 2 is 1.85 bits per heavy atom. The number of hydrogen-bond acceptors (Lipinski definition) is 6. The minimum Gasteiger partial charge on any atom is -0.479 e. The highest BCUT2D eigenvalue weighted by Crippen LogP contribution is 2.43. The van der Waals surface area contributed by atoms with Crippen molar-refractivity contribution in [3.8, 4) is 5.75 Å².